The molecule has 8 heteroatoms. The molecule has 1 fully saturated rings. The van der Waals surface area contributed by atoms with E-state index in [1.807, 2.05) is 30.3 Å². The lowest BCUT2D eigenvalue weighted by atomic mass is 10.1. The Balaban J connectivity index is 1.89. The Hall–Kier alpha value is -3.03. The number of nitrogens with zero attached hydrogens (tertiary/aromatic N) is 5. The molecule has 0 atom stereocenters. The van der Waals surface area contributed by atoms with E-state index in [4.69, 9.17) is 10.4 Å². The van der Waals surface area contributed by atoms with Crippen molar-refractivity contribution in [3.8, 4) is 0 Å². The first-order valence-corrected chi connectivity index (χ1v) is 11.5. The molecule has 0 bridgehead atoms. The fourth-order valence-corrected chi connectivity index (χ4v) is 4.01. The zero-order valence-corrected chi connectivity index (χ0v) is 19.6. The van der Waals surface area contributed by atoms with Gasteiger partial charge in [-0.2, -0.15) is 10.0 Å². The van der Waals surface area contributed by atoms with Gasteiger partial charge < -0.3 is 15.6 Å². The normalized spacial score (nSPS) is 19.1. The van der Waals surface area contributed by atoms with Crippen LogP contribution in [-0.2, 0) is 0 Å². The Bertz CT molecular complexity index is 945. The number of aromatic nitrogens is 2. The van der Waals surface area contributed by atoms with Gasteiger partial charge in [0.05, 0.1) is 35.9 Å². The Morgan fingerprint density at radius 2 is 2.09 bits per heavy atom. The molecule has 0 unspecified atom stereocenters. The fraction of sp³-hybridized carbons (Fsp3) is 0.542. The second-order valence-electron chi connectivity index (χ2n) is 8.67. The molecule has 0 aromatic carbocycles. The third kappa shape index (κ3) is 5.23. The van der Waals surface area contributed by atoms with Gasteiger partial charge in [0.1, 0.15) is 0 Å². The van der Waals surface area contributed by atoms with Crippen molar-refractivity contribution >= 4 is 11.9 Å². The van der Waals surface area contributed by atoms with E-state index in [9.17, 15) is 4.91 Å². The highest BCUT2D eigenvalue weighted by atomic mass is 16.3. The van der Waals surface area contributed by atoms with Crippen molar-refractivity contribution in [3.63, 3.8) is 0 Å². The molecule has 8 nitrogen and oxygen atoms in total. The molecular formula is C24H35N7O. The molecule has 1 aromatic rings. The van der Waals surface area contributed by atoms with E-state index in [1.54, 1.807) is 0 Å². The minimum Gasteiger partial charge on any atom is -0.390 e. The molecule has 172 valence electrons. The first-order chi connectivity index (χ1) is 15.5. The predicted octanol–water partition coefficient (Wildman–Crippen LogP) is 4.78. The number of allylic oxidation sites excluding steroid dienone is 3. The van der Waals surface area contributed by atoms with Crippen LogP contribution in [-0.4, -0.2) is 46.7 Å². The summed E-state index contributed by atoms with van der Waals surface area (Å²) in [6.07, 6.45) is 16.2. The van der Waals surface area contributed by atoms with Gasteiger partial charge in [-0.05, 0) is 32.1 Å². The van der Waals surface area contributed by atoms with Gasteiger partial charge in [0, 0.05) is 55.0 Å². The van der Waals surface area contributed by atoms with Crippen molar-refractivity contribution in [3.05, 3.63) is 58.3 Å². The molecule has 1 aromatic heterocycles. The van der Waals surface area contributed by atoms with E-state index in [-0.39, 0.29) is 5.41 Å². The summed E-state index contributed by atoms with van der Waals surface area (Å²) in [4.78, 5) is 17.7. The van der Waals surface area contributed by atoms with Crippen LogP contribution >= 0.6 is 0 Å². The van der Waals surface area contributed by atoms with Crippen LogP contribution in [0.25, 0.3) is 0 Å². The van der Waals surface area contributed by atoms with E-state index in [1.165, 1.54) is 6.21 Å². The minimum atomic E-state index is -0.0156. The van der Waals surface area contributed by atoms with Crippen LogP contribution < -0.4 is 5.32 Å². The van der Waals surface area contributed by atoms with E-state index in [0.29, 0.717) is 30.4 Å². The number of likely N-dealkylation sites (N-methyl/N-ethyl adjacent to an activating group) is 1. The maximum absolute atomic E-state index is 10.7. The molecule has 2 N–H and O–H groups in total. The molecule has 0 radical (unpaired) electrons. The van der Waals surface area contributed by atoms with Gasteiger partial charge in [0.15, 0.2) is 0 Å². The van der Waals surface area contributed by atoms with E-state index in [0.717, 1.165) is 49.1 Å². The van der Waals surface area contributed by atoms with Crippen LogP contribution in [0.15, 0.2) is 58.0 Å². The minimum absolute atomic E-state index is 0.0156. The summed E-state index contributed by atoms with van der Waals surface area (Å²) in [6.45, 7) is 7.48. The molecule has 1 aliphatic carbocycles. The largest absolute Gasteiger partial charge is 0.390 e. The van der Waals surface area contributed by atoms with Crippen LogP contribution in [0.4, 0.5) is 0 Å². The lowest BCUT2D eigenvalue weighted by Gasteiger charge is -2.26. The average molecular weight is 438 g/mol. The summed E-state index contributed by atoms with van der Waals surface area (Å²) in [7, 11) is 2.01. The zero-order chi connectivity index (χ0) is 23.1. The lowest BCUT2D eigenvalue weighted by Crippen LogP contribution is -2.25. The zero-order valence-electron chi connectivity index (χ0n) is 19.6. The highest BCUT2D eigenvalue weighted by Gasteiger charge is 2.42. The highest BCUT2D eigenvalue weighted by molar-refractivity contribution is 6.13. The quantitative estimate of drug-likeness (QED) is 0.363. The third-order valence-electron chi connectivity index (χ3n) is 6.30. The number of rotatable bonds is 12. The molecule has 2 aliphatic rings. The van der Waals surface area contributed by atoms with E-state index in [2.05, 4.69) is 53.5 Å². The monoisotopic (exact) mass is 437 g/mol. The lowest BCUT2D eigenvalue weighted by molar-refractivity contribution is 0.428. The van der Waals surface area contributed by atoms with Crippen molar-refractivity contribution in [2.75, 3.05) is 20.1 Å². The molecule has 3 rings (SSSR count). The highest BCUT2D eigenvalue weighted by Crippen LogP contribution is 2.45. The maximum Gasteiger partial charge on any atom is 0.0974 e. The smallest absolute Gasteiger partial charge is 0.0974 e. The summed E-state index contributed by atoms with van der Waals surface area (Å²) >= 11 is 0. The van der Waals surface area contributed by atoms with Crippen molar-refractivity contribution in [1.82, 2.24) is 20.0 Å². The first kappa shape index (κ1) is 23.6. The van der Waals surface area contributed by atoms with Crippen molar-refractivity contribution in [2.24, 2.45) is 15.6 Å². The van der Waals surface area contributed by atoms with Gasteiger partial charge in [-0.25, -0.2) is 4.99 Å². The van der Waals surface area contributed by atoms with Gasteiger partial charge in [-0.15, -0.1) is 0 Å². The number of nitroso groups, excluding NO2 is 1. The molecule has 0 saturated heterocycles. The van der Waals surface area contributed by atoms with Gasteiger partial charge >= 0.3 is 0 Å². The van der Waals surface area contributed by atoms with Crippen LogP contribution in [0.3, 0.4) is 0 Å². The molecule has 1 saturated carbocycles. The number of aliphatic imine (C=N–C) groups is 1. The van der Waals surface area contributed by atoms with Crippen LogP contribution in [0.5, 0.6) is 0 Å². The summed E-state index contributed by atoms with van der Waals surface area (Å²) in [5.74, 6) is 0. The average Bonchev–Trinajstić information content (AvgIpc) is 3.37. The molecule has 32 heavy (non-hydrogen) atoms. The Labute approximate surface area is 190 Å². The van der Waals surface area contributed by atoms with Gasteiger partial charge in [-0.1, -0.05) is 32.0 Å². The predicted molar refractivity (Wildman–Crippen MR) is 130 cm³/mol. The van der Waals surface area contributed by atoms with Crippen molar-refractivity contribution in [1.29, 1.82) is 5.41 Å². The summed E-state index contributed by atoms with van der Waals surface area (Å²) in [6, 6.07) is 0.371. The second kappa shape index (κ2) is 10.5. The summed E-state index contributed by atoms with van der Waals surface area (Å²) < 4.78 is 2.03. The van der Waals surface area contributed by atoms with E-state index < -0.39 is 0 Å². The molecule has 0 spiro atoms. The van der Waals surface area contributed by atoms with Crippen LogP contribution in [0.2, 0.25) is 0 Å². The van der Waals surface area contributed by atoms with E-state index >= 15 is 0 Å². The molecule has 2 heterocycles. The molecule has 0 amide bonds. The third-order valence-corrected chi connectivity index (χ3v) is 6.30. The van der Waals surface area contributed by atoms with Gasteiger partial charge in [0.25, 0.3) is 0 Å². The first-order valence-electron chi connectivity index (χ1n) is 11.5. The topological polar surface area (TPSA) is 98.7 Å². The van der Waals surface area contributed by atoms with Gasteiger partial charge in [0.2, 0.25) is 0 Å². The Kier molecular flexibility index (Phi) is 7.77. The fourth-order valence-electron chi connectivity index (χ4n) is 4.01. The van der Waals surface area contributed by atoms with Gasteiger partial charge in [-0.3, -0.25) is 4.68 Å². The standard InChI is InChI=1S/C24H35N7O/c1-5-8-22-23(19-13-27-31(14-19)20(6-2)7-3)29-21(15-30(22)4)18(11-25)12-26-16-24(9-10-24)17-28-32/h8,11-15,20,25-26H,5-7,9-10,16-17H2,1-4H3/b18-12+,22-8-,25-11?. The number of nitrogens with one attached hydrogen (secondary N) is 2. The molecule has 1 aliphatic heterocycles. The van der Waals surface area contributed by atoms with Crippen molar-refractivity contribution < 1.29 is 0 Å². The summed E-state index contributed by atoms with van der Waals surface area (Å²) in [5, 5.41) is 18.9. The maximum atomic E-state index is 10.7. The van der Waals surface area contributed by atoms with Crippen LogP contribution in [0.1, 0.15) is 64.5 Å². The molecular weight excluding hydrogens is 402 g/mol. The van der Waals surface area contributed by atoms with Crippen molar-refractivity contribution in [2.45, 2.75) is 58.9 Å². The SMILES string of the molecule is CC/C=C1/C(c2cnn(C(CC)CC)c2)=NC(/C(C=N)=C/NCC2(CN=O)CC2)=CN1C. The number of hydrogen-bond acceptors (Lipinski definition) is 7. The number of hydrogen-bond donors (Lipinski definition) is 2. The Morgan fingerprint density at radius 3 is 2.69 bits per heavy atom. The second-order valence-corrected chi connectivity index (χ2v) is 8.67. The summed E-state index contributed by atoms with van der Waals surface area (Å²) in [5.41, 5.74) is 4.25. The Morgan fingerprint density at radius 1 is 1.34 bits per heavy atom. The van der Waals surface area contributed by atoms with Crippen LogP contribution in [0, 0.1) is 15.7 Å².